The SMILES string of the molecule is NC1=NC2(CCO1)C1=CC(OS(=O)(=O)C(F)(F)F)(c3cccnc3F)C=C(F)C1Oc1ccccc12. The molecule has 0 bridgehead atoms. The lowest BCUT2D eigenvalue weighted by atomic mass is 9.70. The number of hydrogen-bond acceptors (Lipinski definition) is 8. The van der Waals surface area contributed by atoms with E-state index >= 15 is 4.39 Å². The van der Waals surface area contributed by atoms with Crippen molar-refractivity contribution in [3.8, 4) is 5.75 Å². The Kier molecular flexibility index (Phi) is 5.37. The fraction of sp³-hybridized carbons (Fsp3) is 0.273. The monoisotopic (exact) mass is 529 g/mol. The summed E-state index contributed by atoms with van der Waals surface area (Å²) < 4.78 is 110. The number of hydrogen-bond donors (Lipinski definition) is 1. The van der Waals surface area contributed by atoms with E-state index in [0.29, 0.717) is 11.6 Å². The Morgan fingerprint density at radius 3 is 2.50 bits per heavy atom. The van der Waals surface area contributed by atoms with Crippen molar-refractivity contribution in [3.63, 3.8) is 0 Å². The van der Waals surface area contributed by atoms with Crippen LogP contribution in [0.1, 0.15) is 17.5 Å². The van der Waals surface area contributed by atoms with Gasteiger partial charge in [0, 0.05) is 29.3 Å². The highest BCUT2D eigenvalue weighted by molar-refractivity contribution is 7.87. The molecule has 2 aromatic rings. The second-order valence-corrected chi connectivity index (χ2v) is 9.69. The maximum absolute atomic E-state index is 15.7. The number of aliphatic imine (C=N–C) groups is 1. The molecular weight excluding hydrogens is 513 g/mol. The summed E-state index contributed by atoms with van der Waals surface area (Å²) in [5.41, 5.74) is -5.09. The first kappa shape index (κ1) is 24.2. The largest absolute Gasteiger partial charge is 0.523 e. The molecule has 190 valence electrons. The lowest BCUT2D eigenvalue weighted by Crippen LogP contribution is -2.49. The summed E-state index contributed by atoms with van der Waals surface area (Å²) in [6.45, 7) is -0.0188. The van der Waals surface area contributed by atoms with Crippen LogP contribution < -0.4 is 10.5 Å². The van der Waals surface area contributed by atoms with Gasteiger partial charge in [0.2, 0.25) is 5.95 Å². The Hall–Kier alpha value is -3.52. The quantitative estimate of drug-likeness (QED) is 0.213. The van der Waals surface area contributed by atoms with E-state index in [2.05, 4.69) is 14.2 Å². The van der Waals surface area contributed by atoms with E-state index in [1.165, 1.54) is 6.07 Å². The van der Waals surface area contributed by atoms with E-state index in [1.807, 2.05) is 0 Å². The number of nitrogens with two attached hydrogens (primary N) is 1. The van der Waals surface area contributed by atoms with Gasteiger partial charge in [-0.05, 0) is 30.4 Å². The topological polar surface area (TPSA) is 113 Å². The fourth-order valence-corrected chi connectivity index (χ4v) is 5.21. The van der Waals surface area contributed by atoms with Crippen molar-refractivity contribution in [2.45, 2.75) is 29.2 Å². The molecule has 1 spiro atoms. The molecule has 0 fully saturated rings. The van der Waals surface area contributed by atoms with E-state index in [9.17, 15) is 26.0 Å². The lowest BCUT2D eigenvalue weighted by Gasteiger charge is -2.46. The number of aromatic nitrogens is 1. The number of rotatable bonds is 3. The van der Waals surface area contributed by atoms with Crippen molar-refractivity contribution in [2.24, 2.45) is 10.7 Å². The number of halogens is 5. The van der Waals surface area contributed by atoms with Gasteiger partial charge in [0.25, 0.3) is 6.02 Å². The molecule has 0 amide bonds. The molecule has 5 rings (SSSR count). The summed E-state index contributed by atoms with van der Waals surface area (Å²) in [4.78, 5) is 7.72. The minimum atomic E-state index is -6.37. The van der Waals surface area contributed by atoms with Crippen molar-refractivity contribution in [1.29, 1.82) is 0 Å². The van der Waals surface area contributed by atoms with E-state index in [0.717, 1.165) is 24.4 Å². The van der Waals surface area contributed by atoms with Crippen LogP contribution in [0.2, 0.25) is 0 Å². The van der Waals surface area contributed by atoms with E-state index in [4.69, 9.17) is 15.2 Å². The number of fused-ring (bicyclic) bond motifs is 4. The molecule has 3 heterocycles. The van der Waals surface area contributed by atoms with Crippen LogP contribution in [0.4, 0.5) is 22.0 Å². The maximum atomic E-state index is 15.7. The highest BCUT2D eigenvalue weighted by Crippen LogP contribution is 2.54. The smallest absolute Gasteiger partial charge is 0.478 e. The lowest BCUT2D eigenvalue weighted by molar-refractivity contribution is -0.0599. The third kappa shape index (κ3) is 3.63. The number of pyridine rings is 1. The molecule has 0 saturated heterocycles. The van der Waals surface area contributed by atoms with Gasteiger partial charge in [-0.1, -0.05) is 18.2 Å². The summed E-state index contributed by atoms with van der Waals surface area (Å²) >= 11 is 0. The number of alkyl halides is 3. The molecule has 2 N–H and O–H groups in total. The third-order valence-electron chi connectivity index (χ3n) is 6.04. The van der Waals surface area contributed by atoms with Crippen LogP contribution >= 0.6 is 0 Å². The predicted octanol–water partition coefficient (Wildman–Crippen LogP) is 3.47. The van der Waals surface area contributed by atoms with Crippen molar-refractivity contribution in [1.82, 2.24) is 4.98 Å². The molecule has 36 heavy (non-hydrogen) atoms. The summed E-state index contributed by atoms with van der Waals surface area (Å²) in [5, 5.41) is 0. The van der Waals surface area contributed by atoms with Crippen molar-refractivity contribution in [3.05, 3.63) is 83.2 Å². The molecule has 3 unspecified atom stereocenters. The Morgan fingerprint density at radius 2 is 1.81 bits per heavy atom. The van der Waals surface area contributed by atoms with Crippen molar-refractivity contribution in [2.75, 3.05) is 6.61 Å². The Morgan fingerprint density at radius 1 is 1.08 bits per heavy atom. The van der Waals surface area contributed by atoms with Gasteiger partial charge in [0.1, 0.15) is 17.1 Å². The zero-order chi connectivity index (χ0) is 25.9. The molecule has 1 aromatic heterocycles. The Labute approximate surface area is 201 Å². The van der Waals surface area contributed by atoms with Crippen LogP contribution in [0.3, 0.4) is 0 Å². The summed E-state index contributed by atoms with van der Waals surface area (Å²) in [7, 11) is -6.37. The van der Waals surface area contributed by atoms with Gasteiger partial charge >= 0.3 is 15.6 Å². The van der Waals surface area contributed by atoms with Crippen molar-refractivity contribution >= 4 is 16.1 Å². The third-order valence-corrected chi connectivity index (χ3v) is 7.10. The minimum Gasteiger partial charge on any atom is -0.478 e. The molecule has 8 nitrogen and oxygen atoms in total. The Bertz CT molecular complexity index is 1440. The molecule has 3 atom stereocenters. The maximum Gasteiger partial charge on any atom is 0.523 e. The number of para-hydroxylation sites is 1. The second kappa shape index (κ2) is 8.00. The molecule has 3 aliphatic rings. The second-order valence-electron chi connectivity index (χ2n) is 8.15. The highest BCUT2D eigenvalue weighted by Gasteiger charge is 2.57. The van der Waals surface area contributed by atoms with Crippen LogP contribution in [-0.4, -0.2) is 37.6 Å². The van der Waals surface area contributed by atoms with Crippen LogP contribution in [-0.2, 0) is 30.2 Å². The average Bonchev–Trinajstić information content (AvgIpc) is 2.80. The normalized spacial score (nSPS) is 27.6. The van der Waals surface area contributed by atoms with Crippen molar-refractivity contribution < 1.29 is 44.0 Å². The number of benzene rings is 1. The average molecular weight is 529 g/mol. The first-order valence-corrected chi connectivity index (χ1v) is 11.8. The standard InChI is InChI=1S/C22H16F5N3O5S/c23-15-11-20(13-5-3-8-29-18(13)24,35-36(31,32)22(25,26)27)10-14-17(15)34-16-6-2-1-4-12(16)21(14)7-9-33-19(28)30-21/h1-6,8,10-11,17H,7,9H2,(H2,28,30). The van der Waals surface area contributed by atoms with E-state index < -0.39 is 50.2 Å². The molecule has 2 aliphatic heterocycles. The molecule has 0 radical (unpaired) electrons. The minimum absolute atomic E-state index is 0.0188. The molecular formula is C22H16F5N3O5S. The highest BCUT2D eigenvalue weighted by atomic mass is 32.2. The number of ether oxygens (including phenoxy) is 2. The van der Waals surface area contributed by atoms with Gasteiger partial charge in [-0.2, -0.15) is 26.0 Å². The molecule has 1 aromatic carbocycles. The van der Waals surface area contributed by atoms with Gasteiger partial charge in [0.15, 0.2) is 11.7 Å². The van der Waals surface area contributed by atoms with Crippen LogP contribution in [0.15, 0.2) is 71.1 Å². The van der Waals surface area contributed by atoms with Crippen LogP contribution in [0.25, 0.3) is 0 Å². The zero-order valence-corrected chi connectivity index (χ0v) is 18.8. The first-order valence-electron chi connectivity index (χ1n) is 10.4. The number of amidine groups is 1. The number of nitrogens with zero attached hydrogens (tertiary/aromatic N) is 2. The summed E-state index contributed by atoms with van der Waals surface area (Å²) in [6, 6.07) is 8.13. The predicted molar refractivity (Wildman–Crippen MR) is 114 cm³/mol. The summed E-state index contributed by atoms with van der Waals surface area (Å²) in [5.74, 6) is -2.40. The Balaban J connectivity index is 1.83. The van der Waals surface area contributed by atoms with E-state index in [1.54, 1.807) is 18.2 Å². The summed E-state index contributed by atoms with van der Waals surface area (Å²) in [6.07, 6.45) is 0.746. The van der Waals surface area contributed by atoms with Gasteiger partial charge in [0.05, 0.1) is 6.61 Å². The van der Waals surface area contributed by atoms with Gasteiger partial charge in [-0.25, -0.2) is 18.5 Å². The zero-order valence-electron chi connectivity index (χ0n) is 18.0. The van der Waals surface area contributed by atoms with Gasteiger partial charge in [-0.3, -0.25) is 0 Å². The first-order chi connectivity index (χ1) is 16.9. The van der Waals surface area contributed by atoms with Crippen LogP contribution in [0.5, 0.6) is 5.75 Å². The fourth-order valence-electron chi connectivity index (χ4n) is 4.57. The molecule has 1 aliphatic carbocycles. The molecule has 14 heteroatoms. The van der Waals surface area contributed by atoms with Gasteiger partial charge < -0.3 is 15.2 Å². The van der Waals surface area contributed by atoms with Crippen LogP contribution in [0, 0.1) is 5.95 Å². The molecule has 0 saturated carbocycles. The van der Waals surface area contributed by atoms with E-state index in [-0.39, 0.29) is 30.4 Å². The van der Waals surface area contributed by atoms with Gasteiger partial charge in [-0.15, -0.1) is 0 Å².